The van der Waals surface area contributed by atoms with E-state index >= 15 is 0 Å². The third-order valence-corrected chi connectivity index (χ3v) is 4.76. The maximum absolute atomic E-state index is 13.3. The highest BCUT2D eigenvalue weighted by molar-refractivity contribution is 9.10. The number of benzene rings is 2. The molecule has 0 radical (unpaired) electrons. The molecule has 0 N–H and O–H groups in total. The molecule has 26 heavy (non-hydrogen) atoms. The highest BCUT2D eigenvalue weighted by Gasteiger charge is 2.19. The first-order chi connectivity index (χ1) is 12.6. The molecule has 0 aliphatic rings. The zero-order valence-electron chi connectivity index (χ0n) is 13.3. The van der Waals surface area contributed by atoms with E-state index in [2.05, 4.69) is 15.9 Å². The summed E-state index contributed by atoms with van der Waals surface area (Å²) in [4.78, 5) is 24.1. The molecule has 0 aliphatic heterocycles. The maximum Gasteiger partial charge on any atom is 0.298 e. The van der Waals surface area contributed by atoms with E-state index in [4.69, 9.17) is 4.42 Å². The van der Waals surface area contributed by atoms with E-state index < -0.39 is 5.91 Å². The minimum absolute atomic E-state index is 0.120. The molecule has 0 bridgehead atoms. The summed E-state index contributed by atoms with van der Waals surface area (Å²) in [6.45, 7) is 0. The minimum atomic E-state index is -0.390. The second-order valence-electron chi connectivity index (χ2n) is 5.68. The highest BCUT2D eigenvalue weighted by atomic mass is 79.9. The largest absolute Gasteiger partial charge is 0.451 e. The first-order valence-corrected chi connectivity index (χ1v) is 8.53. The SMILES string of the molecule is O=Cc1cn(C(=O)c2ccc(-c3ccc(F)cc3Br)o2)c2ccccc12. The second-order valence-corrected chi connectivity index (χ2v) is 6.54. The van der Waals surface area contributed by atoms with E-state index in [9.17, 15) is 14.0 Å². The van der Waals surface area contributed by atoms with Crippen LogP contribution in [0.25, 0.3) is 22.2 Å². The van der Waals surface area contributed by atoms with Gasteiger partial charge in [0.1, 0.15) is 11.6 Å². The Bertz CT molecular complexity index is 1160. The van der Waals surface area contributed by atoms with Gasteiger partial charge >= 0.3 is 0 Å². The van der Waals surface area contributed by atoms with Gasteiger partial charge in [0.2, 0.25) is 0 Å². The molecule has 0 unspecified atom stereocenters. The van der Waals surface area contributed by atoms with Gasteiger partial charge in [-0.25, -0.2) is 4.39 Å². The standard InChI is InChI=1S/C20H11BrFNO3/c21-16-9-13(22)5-6-15(16)18-7-8-19(26-18)20(25)23-10-12(11-24)14-3-1-2-4-17(14)23/h1-11H. The predicted octanol–water partition coefficient (Wildman–Crippen LogP) is 5.30. The summed E-state index contributed by atoms with van der Waals surface area (Å²) in [6, 6.07) is 14.6. The molecule has 2 aromatic heterocycles. The number of rotatable bonds is 3. The molecule has 128 valence electrons. The van der Waals surface area contributed by atoms with Crippen LogP contribution < -0.4 is 0 Å². The maximum atomic E-state index is 13.3. The number of furan rings is 1. The van der Waals surface area contributed by atoms with Gasteiger partial charge in [0.15, 0.2) is 12.0 Å². The normalized spacial score (nSPS) is 11.0. The van der Waals surface area contributed by atoms with E-state index in [0.717, 1.165) is 6.29 Å². The number of hydrogen-bond donors (Lipinski definition) is 0. The number of hydrogen-bond acceptors (Lipinski definition) is 3. The molecule has 0 amide bonds. The lowest BCUT2D eigenvalue weighted by Crippen LogP contribution is -2.09. The number of para-hydroxylation sites is 1. The number of carbonyl (C=O) groups is 2. The van der Waals surface area contributed by atoms with Crippen molar-refractivity contribution in [1.82, 2.24) is 4.57 Å². The fourth-order valence-corrected chi connectivity index (χ4v) is 3.42. The van der Waals surface area contributed by atoms with Gasteiger partial charge in [0, 0.05) is 27.2 Å². The van der Waals surface area contributed by atoms with Crippen LogP contribution in [-0.4, -0.2) is 16.8 Å². The number of halogens is 2. The van der Waals surface area contributed by atoms with Crippen LogP contribution in [0.2, 0.25) is 0 Å². The Morgan fingerprint density at radius 2 is 1.92 bits per heavy atom. The molecular weight excluding hydrogens is 401 g/mol. The molecule has 0 saturated heterocycles. The van der Waals surface area contributed by atoms with Gasteiger partial charge < -0.3 is 4.42 Å². The Balaban J connectivity index is 1.77. The van der Waals surface area contributed by atoms with Crippen molar-refractivity contribution in [3.63, 3.8) is 0 Å². The van der Waals surface area contributed by atoms with E-state index in [1.807, 2.05) is 0 Å². The first kappa shape index (κ1) is 16.5. The molecule has 6 heteroatoms. The van der Waals surface area contributed by atoms with Crippen molar-refractivity contribution in [2.24, 2.45) is 0 Å². The molecule has 0 atom stereocenters. The zero-order valence-corrected chi connectivity index (χ0v) is 14.9. The van der Waals surface area contributed by atoms with E-state index in [1.54, 1.807) is 42.5 Å². The van der Waals surface area contributed by atoms with Crippen LogP contribution in [-0.2, 0) is 0 Å². The second kappa shape index (κ2) is 6.38. The third-order valence-electron chi connectivity index (χ3n) is 4.10. The molecule has 4 rings (SSSR count). The average molecular weight is 412 g/mol. The van der Waals surface area contributed by atoms with Gasteiger partial charge in [0.05, 0.1) is 5.52 Å². The number of aromatic nitrogens is 1. The third kappa shape index (κ3) is 2.68. The van der Waals surface area contributed by atoms with Gasteiger partial charge in [-0.15, -0.1) is 0 Å². The summed E-state index contributed by atoms with van der Waals surface area (Å²) in [5.41, 5.74) is 1.69. The van der Waals surface area contributed by atoms with Gasteiger partial charge in [0.25, 0.3) is 5.91 Å². The van der Waals surface area contributed by atoms with Crippen LogP contribution >= 0.6 is 15.9 Å². The van der Waals surface area contributed by atoms with Gasteiger partial charge in [-0.1, -0.05) is 18.2 Å². The molecule has 0 spiro atoms. The molecular formula is C20H11BrFNO3. The Labute approximate surface area is 156 Å². The summed E-state index contributed by atoms with van der Waals surface area (Å²) in [5, 5.41) is 0.698. The molecule has 4 nitrogen and oxygen atoms in total. The number of fused-ring (bicyclic) bond motifs is 1. The lowest BCUT2D eigenvalue weighted by atomic mass is 10.2. The van der Waals surface area contributed by atoms with E-state index in [1.165, 1.54) is 22.9 Å². The summed E-state index contributed by atoms with van der Waals surface area (Å²) < 4.78 is 20.9. The van der Waals surface area contributed by atoms with Crippen molar-refractivity contribution in [3.8, 4) is 11.3 Å². The van der Waals surface area contributed by atoms with Crippen molar-refractivity contribution < 1.29 is 18.4 Å². The summed E-state index contributed by atoms with van der Waals surface area (Å²) in [5.74, 6) is -0.204. The quantitative estimate of drug-likeness (QED) is 0.429. The Kier molecular flexibility index (Phi) is 4.05. The van der Waals surface area contributed by atoms with Crippen LogP contribution in [0.1, 0.15) is 20.9 Å². The summed E-state index contributed by atoms with van der Waals surface area (Å²) in [6.07, 6.45) is 2.21. The first-order valence-electron chi connectivity index (χ1n) is 7.73. The van der Waals surface area contributed by atoms with Crippen molar-refractivity contribution >= 4 is 39.0 Å². The number of carbonyl (C=O) groups excluding carboxylic acids is 2. The highest BCUT2D eigenvalue weighted by Crippen LogP contribution is 2.31. The van der Waals surface area contributed by atoms with Crippen LogP contribution in [0.4, 0.5) is 4.39 Å². The average Bonchev–Trinajstić information content (AvgIpc) is 3.26. The van der Waals surface area contributed by atoms with Crippen molar-refractivity contribution in [2.45, 2.75) is 0 Å². The minimum Gasteiger partial charge on any atom is -0.451 e. The smallest absolute Gasteiger partial charge is 0.298 e. The molecule has 0 saturated carbocycles. The van der Waals surface area contributed by atoms with Crippen LogP contribution in [0, 0.1) is 5.82 Å². The lowest BCUT2D eigenvalue weighted by Gasteiger charge is -2.03. The van der Waals surface area contributed by atoms with Gasteiger partial charge in [-0.2, -0.15) is 0 Å². The number of nitrogens with zero attached hydrogens (tertiary/aromatic N) is 1. The van der Waals surface area contributed by atoms with Crippen LogP contribution in [0.5, 0.6) is 0 Å². The Morgan fingerprint density at radius 3 is 2.69 bits per heavy atom. The van der Waals surface area contributed by atoms with Crippen molar-refractivity contribution in [2.75, 3.05) is 0 Å². The molecule has 2 heterocycles. The van der Waals surface area contributed by atoms with Crippen molar-refractivity contribution in [3.05, 3.63) is 82.4 Å². The Hall–Kier alpha value is -2.99. The van der Waals surface area contributed by atoms with E-state index in [-0.39, 0.29) is 11.6 Å². The monoisotopic (exact) mass is 411 g/mol. The molecule has 4 aromatic rings. The fourth-order valence-electron chi connectivity index (χ4n) is 2.87. The van der Waals surface area contributed by atoms with Gasteiger partial charge in [-0.05, 0) is 52.3 Å². The zero-order chi connectivity index (χ0) is 18.3. The fraction of sp³-hybridized carbons (Fsp3) is 0. The molecule has 0 aliphatic carbocycles. The van der Waals surface area contributed by atoms with E-state index in [0.29, 0.717) is 32.3 Å². The Morgan fingerprint density at radius 1 is 1.12 bits per heavy atom. The summed E-state index contributed by atoms with van der Waals surface area (Å²) >= 11 is 3.29. The van der Waals surface area contributed by atoms with Gasteiger partial charge in [-0.3, -0.25) is 14.2 Å². The topological polar surface area (TPSA) is 52.2 Å². The number of aldehydes is 1. The lowest BCUT2D eigenvalue weighted by molar-refractivity contribution is 0.0938. The predicted molar refractivity (Wildman–Crippen MR) is 98.9 cm³/mol. The molecule has 2 aromatic carbocycles. The van der Waals surface area contributed by atoms with Crippen LogP contribution in [0.3, 0.4) is 0 Å². The molecule has 0 fully saturated rings. The van der Waals surface area contributed by atoms with Crippen molar-refractivity contribution in [1.29, 1.82) is 0 Å². The van der Waals surface area contributed by atoms with Crippen LogP contribution in [0.15, 0.2) is 69.7 Å². The summed E-state index contributed by atoms with van der Waals surface area (Å²) in [7, 11) is 0.